The average molecular weight is 257 g/mol. The number of methoxy groups -OCH3 is 1. The number of halogens is 1. The number of hydrogen-bond acceptors (Lipinski definition) is 4. The zero-order chi connectivity index (χ0) is 13.7. The lowest BCUT2D eigenvalue weighted by atomic mass is 10.1. The smallest absolute Gasteiger partial charge is 0.163 e. The summed E-state index contributed by atoms with van der Waals surface area (Å²) in [6, 6.07) is 2.71. The van der Waals surface area contributed by atoms with Crippen LogP contribution in [0.1, 0.15) is 25.5 Å². The maximum atomic E-state index is 13.8. The van der Waals surface area contributed by atoms with Gasteiger partial charge < -0.3 is 19.9 Å². The van der Waals surface area contributed by atoms with Gasteiger partial charge in [-0.25, -0.2) is 4.39 Å². The van der Waals surface area contributed by atoms with Gasteiger partial charge in [-0.05, 0) is 27.0 Å². The first kappa shape index (κ1) is 14.7. The van der Waals surface area contributed by atoms with Crippen molar-refractivity contribution in [1.29, 1.82) is 0 Å². The van der Waals surface area contributed by atoms with E-state index in [0.717, 1.165) is 0 Å². The third kappa shape index (κ3) is 3.58. The number of aliphatic hydroxyl groups excluding tert-OH is 1. The third-order valence-electron chi connectivity index (χ3n) is 2.40. The lowest BCUT2D eigenvalue weighted by molar-refractivity contribution is 0.171. The van der Waals surface area contributed by atoms with Crippen LogP contribution < -0.4 is 14.8 Å². The Hall–Kier alpha value is -1.33. The highest BCUT2D eigenvalue weighted by molar-refractivity contribution is 5.44. The number of benzene rings is 1. The Labute approximate surface area is 107 Å². The van der Waals surface area contributed by atoms with E-state index in [1.807, 2.05) is 13.8 Å². The maximum Gasteiger partial charge on any atom is 0.163 e. The topological polar surface area (TPSA) is 50.7 Å². The van der Waals surface area contributed by atoms with Gasteiger partial charge in [0.05, 0.1) is 19.3 Å². The molecule has 0 aliphatic rings. The molecule has 5 heteroatoms. The van der Waals surface area contributed by atoms with E-state index in [9.17, 15) is 9.50 Å². The van der Waals surface area contributed by atoms with Crippen molar-refractivity contribution in [3.63, 3.8) is 0 Å². The van der Waals surface area contributed by atoms with Gasteiger partial charge in [0.2, 0.25) is 0 Å². The van der Waals surface area contributed by atoms with Gasteiger partial charge in [-0.15, -0.1) is 0 Å². The van der Waals surface area contributed by atoms with Crippen LogP contribution in [0.25, 0.3) is 0 Å². The first-order valence-corrected chi connectivity index (χ1v) is 5.86. The molecule has 0 heterocycles. The van der Waals surface area contributed by atoms with Gasteiger partial charge in [0.15, 0.2) is 11.5 Å². The minimum Gasteiger partial charge on any atom is -0.493 e. The molecule has 2 N–H and O–H groups in total. The predicted molar refractivity (Wildman–Crippen MR) is 67.6 cm³/mol. The van der Waals surface area contributed by atoms with Crippen LogP contribution in [0.3, 0.4) is 0 Å². The van der Waals surface area contributed by atoms with Crippen LogP contribution in [-0.2, 0) is 0 Å². The molecule has 0 saturated heterocycles. The second kappa shape index (κ2) is 6.56. The van der Waals surface area contributed by atoms with Gasteiger partial charge in [0.1, 0.15) is 5.82 Å². The molecule has 1 aromatic carbocycles. The molecule has 0 radical (unpaired) electrons. The zero-order valence-corrected chi connectivity index (χ0v) is 11.2. The van der Waals surface area contributed by atoms with E-state index < -0.39 is 11.9 Å². The van der Waals surface area contributed by atoms with Gasteiger partial charge in [0, 0.05) is 18.2 Å². The summed E-state index contributed by atoms with van der Waals surface area (Å²) in [4.78, 5) is 0. The Morgan fingerprint density at radius 3 is 2.50 bits per heavy atom. The molecule has 0 aliphatic heterocycles. The normalized spacial score (nSPS) is 12.6. The van der Waals surface area contributed by atoms with Gasteiger partial charge in [-0.1, -0.05) is 0 Å². The highest BCUT2D eigenvalue weighted by Crippen LogP contribution is 2.33. The summed E-state index contributed by atoms with van der Waals surface area (Å²) in [7, 11) is 3.14. The summed E-state index contributed by atoms with van der Waals surface area (Å²) >= 11 is 0. The van der Waals surface area contributed by atoms with Gasteiger partial charge in [0.25, 0.3) is 0 Å². The lowest BCUT2D eigenvalue weighted by Crippen LogP contribution is -2.18. The van der Waals surface area contributed by atoms with E-state index in [1.165, 1.54) is 19.2 Å². The highest BCUT2D eigenvalue weighted by Gasteiger charge is 2.17. The fraction of sp³-hybridized carbons (Fsp3) is 0.538. The van der Waals surface area contributed by atoms with Crippen molar-refractivity contribution in [2.24, 2.45) is 0 Å². The molecular weight excluding hydrogens is 237 g/mol. The molecule has 0 aromatic heterocycles. The predicted octanol–water partition coefficient (Wildman–Crippen LogP) is 1.87. The van der Waals surface area contributed by atoms with E-state index in [2.05, 4.69) is 5.32 Å². The Morgan fingerprint density at radius 2 is 2.00 bits per heavy atom. The molecule has 102 valence electrons. The van der Waals surface area contributed by atoms with Crippen molar-refractivity contribution >= 4 is 0 Å². The molecular formula is C13H20FNO3. The lowest BCUT2D eigenvalue weighted by Gasteiger charge is -2.17. The monoisotopic (exact) mass is 257 g/mol. The second-order valence-electron chi connectivity index (χ2n) is 4.26. The quantitative estimate of drug-likeness (QED) is 0.817. The zero-order valence-electron chi connectivity index (χ0n) is 11.2. The number of nitrogens with one attached hydrogen (secondary N) is 1. The van der Waals surface area contributed by atoms with E-state index >= 15 is 0 Å². The molecule has 0 fully saturated rings. The molecule has 1 rings (SSSR count). The summed E-state index contributed by atoms with van der Waals surface area (Å²) in [6.45, 7) is 4.00. The van der Waals surface area contributed by atoms with Crippen LogP contribution in [-0.4, -0.2) is 31.9 Å². The minimum atomic E-state index is -0.921. The van der Waals surface area contributed by atoms with Crippen LogP contribution in [0, 0.1) is 5.82 Å². The second-order valence-corrected chi connectivity index (χ2v) is 4.26. The Kier molecular flexibility index (Phi) is 5.37. The van der Waals surface area contributed by atoms with Crippen LogP contribution in [0.2, 0.25) is 0 Å². The number of hydrogen-bond donors (Lipinski definition) is 2. The van der Waals surface area contributed by atoms with Gasteiger partial charge >= 0.3 is 0 Å². The average Bonchev–Trinajstić information content (AvgIpc) is 2.30. The summed E-state index contributed by atoms with van der Waals surface area (Å²) < 4.78 is 24.4. The Bertz CT molecular complexity index is 396. The van der Waals surface area contributed by atoms with E-state index in [1.54, 1.807) is 7.05 Å². The number of ether oxygens (including phenoxy) is 2. The molecule has 1 atom stereocenters. The molecule has 0 spiro atoms. The van der Waals surface area contributed by atoms with Crippen molar-refractivity contribution < 1.29 is 19.0 Å². The van der Waals surface area contributed by atoms with E-state index in [-0.39, 0.29) is 18.2 Å². The fourth-order valence-corrected chi connectivity index (χ4v) is 1.62. The van der Waals surface area contributed by atoms with Crippen LogP contribution in [0.15, 0.2) is 12.1 Å². The highest BCUT2D eigenvalue weighted by atomic mass is 19.1. The number of likely N-dealkylation sites (N-methyl/N-ethyl adjacent to an activating group) is 1. The molecule has 1 unspecified atom stereocenters. The van der Waals surface area contributed by atoms with E-state index in [4.69, 9.17) is 9.47 Å². The van der Waals surface area contributed by atoms with Crippen molar-refractivity contribution in [2.75, 3.05) is 20.7 Å². The molecule has 0 amide bonds. The Balaban J connectivity index is 3.12. The number of rotatable bonds is 6. The summed E-state index contributed by atoms with van der Waals surface area (Å²) in [5, 5.41) is 12.6. The maximum absolute atomic E-state index is 13.8. The Morgan fingerprint density at radius 1 is 1.33 bits per heavy atom. The van der Waals surface area contributed by atoms with Crippen molar-refractivity contribution in [3.8, 4) is 11.5 Å². The molecule has 0 aliphatic carbocycles. The van der Waals surface area contributed by atoms with Crippen LogP contribution in [0.5, 0.6) is 11.5 Å². The largest absolute Gasteiger partial charge is 0.493 e. The summed E-state index contributed by atoms with van der Waals surface area (Å²) in [5.74, 6) is 0.242. The first-order valence-electron chi connectivity index (χ1n) is 5.86. The molecule has 0 bridgehead atoms. The van der Waals surface area contributed by atoms with E-state index in [0.29, 0.717) is 11.5 Å². The number of aliphatic hydroxyl groups is 1. The van der Waals surface area contributed by atoms with Gasteiger partial charge in [-0.3, -0.25) is 0 Å². The molecule has 0 saturated carbocycles. The first-order chi connectivity index (χ1) is 8.49. The molecule has 4 nitrogen and oxygen atoms in total. The summed E-state index contributed by atoms with van der Waals surface area (Å²) in [6.07, 6.45) is -0.978. The third-order valence-corrected chi connectivity index (χ3v) is 2.40. The summed E-state index contributed by atoms with van der Waals surface area (Å²) in [5.41, 5.74) is 0.195. The van der Waals surface area contributed by atoms with Crippen molar-refractivity contribution in [3.05, 3.63) is 23.5 Å². The standard InChI is InChI=1S/C13H20FNO3/c1-8(2)18-13-5-9(11(16)7-15-3)10(14)6-12(13)17-4/h5-6,8,11,15-16H,7H2,1-4H3. The van der Waals surface area contributed by atoms with Crippen LogP contribution >= 0.6 is 0 Å². The minimum absolute atomic E-state index is 0.0568. The molecule has 18 heavy (non-hydrogen) atoms. The fourth-order valence-electron chi connectivity index (χ4n) is 1.62. The van der Waals surface area contributed by atoms with Crippen molar-refractivity contribution in [1.82, 2.24) is 5.32 Å². The van der Waals surface area contributed by atoms with Crippen molar-refractivity contribution in [2.45, 2.75) is 26.1 Å². The van der Waals surface area contributed by atoms with Gasteiger partial charge in [-0.2, -0.15) is 0 Å². The van der Waals surface area contributed by atoms with Crippen LogP contribution in [0.4, 0.5) is 4.39 Å². The SMILES string of the molecule is CNCC(O)c1cc(OC(C)C)c(OC)cc1F. The molecule has 1 aromatic rings.